The van der Waals surface area contributed by atoms with Crippen LogP contribution in [0.4, 0.5) is 0 Å². The van der Waals surface area contributed by atoms with E-state index in [-0.39, 0.29) is 12.3 Å². The van der Waals surface area contributed by atoms with Crippen molar-refractivity contribution in [3.8, 4) is 0 Å². The van der Waals surface area contributed by atoms with Crippen LogP contribution < -0.4 is 5.32 Å². The Morgan fingerprint density at radius 3 is 2.52 bits per heavy atom. The molecule has 0 radical (unpaired) electrons. The highest BCUT2D eigenvalue weighted by Crippen LogP contribution is 2.27. The van der Waals surface area contributed by atoms with E-state index in [0.29, 0.717) is 18.5 Å². The lowest BCUT2D eigenvalue weighted by atomic mass is 9.90. The number of amides is 1. The normalized spacial score (nSPS) is 17.8. The van der Waals surface area contributed by atoms with Crippen LogP contribution in [0.15, 0.2) is 18.3 Å². The number of rotatable bonds is 4. The molecule has 0 aliphatic heterocycles. The second-order valence-corrected chi connectivity index (χ2v) is 5.79. The molecule has 0 spiro atoms. The first-order valence-electron chi connectivity index (χ1n) is 7.48. The smallest absolute Gasteiger partial charge is 0.329 e. The highest BCUT2D eigenvalue weighted by Gasteiger charge is 2.39. The number of carboxylic acids is 1. The molecule has 0 bridgehead atoms. The van der Waals surface area contributed by atoms with Crippen LogP contribution in [0.5, 0.6) is 0 Å². The van der Waals surface area contributed by atoms with E-state index < -0.39 is 11.5 Å². The lowest BCUT2D eigenvalue weighted by molar-refractivity contribution is -0.148. The van der Waals surface area contributed by atoms with E-state index in [1.165, 1.54) is 0 Å². The monoisotopic (exact) mass is 290 g/mol. The van der Waals surface area contributed by atoms with Crippen LogP contribution >= 0.6 is 0 Å². The number of nitrogens with one attached hydrogen (secondary N) is 1. The number of aromatic nitrogens is 1. The van der Waals surface area contributed by atoms with Gasteiger partial charge in [0.2, 0.25) is 5.91 Å². The average molecular weight is 290 g/mol. The fraction of sp³-hybridized carbons (Fsp3) is 0.562. The van der Waals surface area contributed by atoms with Crippen molar-refractivity contribution in [2.75, 3.05) is 0 Å². The summed E-state index contributed by atoms with van der Waals surface area (Å²) in [4.78, 5) is 28.1. The minimum Gasteiger partial charge on any atom is -0.480 e. The van der Waals surface area contributed by atoms with Crippen molar-refractivity contribution in [3.05, 3.63) is 29.6 Å². The van der Waals surface area contributed by atoms with E-state index in [4.69, 9.17) is 0 Å². The number of carbonyl (C=O) groups excluding carboxylic acids is 1. The molecule has 5 heteroatoms. The predicted octanol–water partition coefficient (Wildman–Crippen LogP) is 2.23. The van der Waals surface area contributed by atoms with E-state index >= 15 is 0 Å². The van der Waals surface area contributed by atoms with Gasteiger partial charge in [0.15, 0.2) is 0 Å². The molecule has 2 N–H and O–H groups in total. The van der Waals surface area contributed by atoms with Crippen molar-refractivity contribution in [1.82, 2.24) is 10.3 Å². The standard InChI is InChI=1S/C16H22N2O3/c1-12-7-6-10-17-13(12)11-14(19)18-16(15(20)21)8-4-2-3-5-9-16/h6-7,10H,2-5,8-9,11H2,1H3,(H,18,19)(H,20,21). The Kier molecular flexibility index (Phi) is 4.94. The summed E-state index contributed by atoms with van der Waals surface area (Å²) in [5.41, 5.74) is 0.540. The first kappa shape index (κ1) is 15.5. The van der Waals surface area contributed by atoms with Crippen molar-refractivity contribution in [3.63, 3.8) is 0 Å². The number of hydrogen-bond acceptors (Lipinski definition) is 3. The van der Waals surface area contributed by atoms with Gasteiger partial charge < -0.3 is 10.4 Å². The fourth-order valence-corrected chi connectivity index (χ4v) is 2.89. The Balaban J connectivity index is 2.08. The number of nitrogens with zero attached hydrogens (tertiary/aromatic N) is 1. The van der Waals surface area contributed by atoms with Crippen molar-refractivity contribution in [2.45, 2.75) is 57.4 Å². The Bertz CT molecular complexity index is 520. The van der Waals surface area contributed by atoms with Gasteiger partial charge in [0.25, 0.3) is 0 Å². The van der Waals surface area contributed by atoms with E-state index in [2.05, 4.69) is 10.3 Å². The molecule has 0 saturated heterocycles. The second kappa shape index (κ2) is 6.70. The zero-order valence-electron chi connectivity index (χ0n) is 12.4. The molecule has 1 aromatic heterocycles. The maximum Gasteiger partial charge on any atom is 0.329 e. The molecule has 0 aromatic carbocycles. The molecule has 2 rings (SSSR count). The van der Waals surface area contributed by atoms with Crippen LogP contribution in [0.3, 0.4) is 0 Å². The zero-order chi connectivity index (χ0) is 15.3. The SMILES string of the molecule is Cc1cccnc1CC(=O)NC1(C(=O)O)CCCCCC1. The number of pyridine rings is 1. The molecule has 1 aliphatic rings. The Morgan fingerprint density at radius 2 is 1.95 bits per heavy atom. The minimum absolute atomic E-state index is 0.127. The largest absolute Gasteiger partial charge is 0.480 e. The van der Waals surface area contributed by atoms with Gasteiger partial charge in [0, 0.05) is 6.20 Å². The Labute approximate surface area is 124 Å². The third-order valence-electron chi connectivity index (χ3n) is 4.19. The summed E-state index contributed by atoms with van der Waals surface area (Å²) in [6.07, 6.45) is 6.54. The van der Waals surface area contributed by atoms with Gasteiger partial charge in [0.1, 0.15) is 5.54 Å². The molecule has 1 amide bonds. The van der Waals surface area contributed by atoms with E-state index in [1.54, 1.807) is 6.20 Å². The van der Waals surface area contributed by atoms with E-state index in [1.807, 2.05) is 19.1 Å². The molecule has 1 aromatic rings. The van der Waals surface area contributed by atoms with Crippen LogP contribution in [0.2, 0.25) is 0 Å². The minimum atomic E-state index is -1.10. The molecule has 1 aliphatic carbocycles. The van der Waals surface area contributed by atoms with Crippen LogP contribution in [-0.4, -0.2) is 27.5 Å². The lowest BCUT2D eigenvalue weighted by Crippen LogP contribution is -2.54. The molecule has 0 atom stereocenters. The van der Waals surface area contributed by atoms with Crippen molar-refractivity contribution < 1.29 is 14.7 Å². The number of carboxylic acid groups (broad SMARTS) is 1. The summed E-state index contributed by atoms with van der Waals surface area (Å²) in [6, 6.07) is 3.72. The van der Waals surface area contributed by atoms with Crippen LogP contribution in [-0.2, 0) is 16.0 Å². The third kappa shape index (κ3) is 3.80. The average Bonchev–Trinajstić information content (AvgIpc) is 2.68. The summed E-state index contributed by atoms with van der Waals surface area (Å²) < 4.78 is 0. The number of hydrogen-bond donors (Lipinski definition) is 2. The van der Waals surface area contributed by atoms with E-state index in [9.17, 15) is 14.7 Å². The molecule has 0 unspecified atom stereocenters. The van der Waals surface area contributed by atoms with Gasteiger partial charge in [-0.25, -0.2) is 4.79 Å². The van der Waals surface area contributed by atoms with Gasteiger partial charge in [-0.3, -0.25) is 9.78 Å². The first-order chi connectivity index (χ1) is 10.0. The molecule has 1 saturated carbocycles. The maximum atomic E-state index is 12.2. The van der Waals surface area contributed by atoms with Crippen molar-refractivity contribution in [1.29, 1.82) is 0 Å². The first-order valence-corrected chi connectivity index (χ1v) is 7.48. The molecule has 114 valence electrons. The topological polar surface area (TPSA) is 79.3 Å². The van der Waals surface area contributed by atoms with Gasteiger partial charge in [-0.05, 0) is 31.4 Å². The van der Waals surface area contributed by atoms with Gasteiger partial charge >= 0.3 is 5.97 Å². The van der Waals surface area contributed by atoms with Gasteiger partial charge in [-0.1, -0.05) is 31.7 Å². The fourth-order valence-electron chi connectivity index (χ4n) is 2.89. The van der Waals surface area contributed by atoms with Gasteiger partial charge in [0.05, 0.1) is 12.1 Å². The summed E-state index contributed by atoms with van der Waals surface area (Å²) in [5, 5.41) is 12.3. The summed E-state index contributed by atoms with van der Waals surface area (Å²) >= 11 is 0. The zero-order valence-corrected chi connectivity index (χ0v) is 12.4. The Hall–Kier alpha value is -1.91. The molecular weight excluding hydrogens is 268 g/mol. The summed E-state index contributed by atoms with van der Waals surface area (Å²) in [5.74, 6) is -1.18. The molecular formula is C16H22N2O3. The van der Waals surface area contributed by atoms with Crippen molar-refractivity contribution in [2.24, 2.45) is 0 Å². The molecule has 21 heavy (non-hydrogen) atoms. The lowest BCUT2D eigenvalue weighted by Gasteiger charge is -2.29. The highest BCUT2D eigenvalue weighted by molar-refractivity contribution is 5.88. The number of aryl methyl sites for hydroxylation is 1. The van der Waals surface area contributed by atoms with E-state index in [0.717, 1.165) is 31.2 Å². The predicted molar refractivity (Wildman–Crippen MR) is 78.9 cm³/mol. The second-order valence-electron chi connectivity index (χ2n) is 5.79. The number of aliphatic carboxylic acids is 1. The van der Waals surface area contributed by atoms with Crippen molar-refractivity contribution >= 4 is 11.9 Å². The summed E-state index contributed by atoms with van der Waals surface area (Å²) in [7, 11) is 0. The quantitative estimate of drug-likeness (QED) is 0.833. The molecule has 5 nitrogen and oxygen atoms in total. The van der Waals surface area contributed by atoms with Gasteiger partial charge in [-0.2, -0.15) is 0 Å². The molecule has 1 fully saturated rings. The molecule has 1 heterocycles. The summed E-state index contributed by atoms with van der Waals surface area (Å²) in [6.45, 7) is 1.90. The van der Waals surface area contributed by atoms with Crippen LogP contribution in [0.1, 0.15) is 49.8 Å². The third-order valence-corrected chi connectivity index (χ3v) is 4.19. The highest BCUT2D eigenvalue weighted by atomic mass is 16.4. The van der Waals surface area contributed by atoms with Crippen LogP contribution in [0, 0.1) is 6.92 Å². The Morgan fingerprint density at radius 1 is 1.29 bits per heavy atom. The van der Waals surface area contributed by atoms with Gasteiger partial charge in [-0.15, -0.1) is 0 Å². The number of carbonyl (C=O) groups is 2. The van der Waals surface area contributed by atoms with Crippen LogP contribution in [0.25, 0.3) is 0 Å². The maximum absolute atomic E-state index is 12.2.